The minimum atomic E-state index is -3.75. The highest BCUT2D eigenvalue weighted by molar-refractivity contribution is 9.10. The van der Waals surface area contributed by atoms with Gasteiger partial charge in [0.2, 0.25) is 10.0 Å². The van der Waals surface area contributed by atoms with Crippen molar-refractivity contribution >= 4 is 37.6 Å². The molecule has 112 valence electrons. The molecule has 0 atom stereocenters. The van der Waals surface area contributed by atoms with Gasteiger partial charge in [0.1, 0.15) is 5.82 Å². The lowest BCUT2D eigenvalue weighted by Gasteiger charge is -2.17. The molecule has 0 saturated heterocycles. The van der Waals surface area contributed by atoms with Gasteiger partial charge < -0.3 is 0 Å². The second-order valence-corrected chi connectivity index (χ2v) is 7.80. The van der Waals surface area contributed by atoms with Gasteiger partial charge in [0.25, 0.3) is 0 Å². The van der Waals surface area contributed by atoms with Crippen LogP contribution in [-0.2, 0) is 16.6 Å². The molecular weight excluding hydrogens is 381 g/mol. The van der Waals surface area contributed by atoms with E-state index in [0.717, 1.165) is 11.6 Å². The van der Waals surface area contributed by atoms with Crippen molar-refractivity contribution in [3.63, 3.8) is 0 Å². The quantitative estimate of drug-likeness (QED) is 0.787. The zero-order valence-corrected chi connectivity index (χ0v) is 14.2. The van der Waals surface area contributed by atoms with Gasteiger partial charge in [-0.05, 0) is 51.8 Å². The van der Waals surface area contributed by atoms with Gasteiger partial charge in [0.05, 0.1) is 9.37 Å². The summed E-state index contributed by atoms with van der Waals surface area (Å²) in [5, 5.41) is 0.583. The maximum absolute atomic E-state index is 13.5. The highest BCUT2D eigenvalue weighted by Crippen LogP contribution is 2.22. The first-order valence-electron chi connectivity index (χ1n) is 5.96. The molecule has 2 aromatic rings. The largest absolute Gasteiger partial charge is 0.243 e. The number of benzene rings is 2. The SMILES string of the molecule is CN(Cc1ccc(Cl)cc1)S(=O)(=O)c1ccc(Br)c(F)c1. The summed E-state index contributed by atoms with van der Waals surface area (Å²) in [7, 11) is -2.30. The van der Waals surface area contributed by atoms with Gasteiger partial charge in [-0.15, -0.1) is 0 Å². The van der Waals surface area contributed by atoms with Crippen LogP contribution in [0.2, 0.25) is 5.02 Å². The molecule has 0 fully saturated rings. The third-order valence-corrected chi connectivity index (χ3v) is 5.61. The van der Waals surface area contributed by atoms with Crippen LogP contribution in [0.4, 0.5) is 4.39 Å². The van der Waals surface area contributed by atoms with Crippen molar-refractivity contribution in [3.05, 3.63) is 63.3 Å². The van der Waals surface area contributed by atoms with Crippen LogP contribution in [0.25, 0.3) is 0 Å². The number of nitrogens with zero attached hydrogens (tertiary/aromatic N) is 1. The van der Waals surface area contributed by atoms with E-state index in [1.165, 1.54) is 23.5 Å². The van der Waals surface area contributed by atoms with Gasteiger partial charge in [0.15, 0.2) is 0 Å². The van der Waals surface area contributed by atoms with E-state index in [2.05, 4.69) is 15.9 Å². The predicted octanol–water partition coefficient (Wildman–Crippen LogP) is 4.06. The van der Waals surface area contributed by atoms with Crippen molar-refractivity contribution < 1.29 is 12.8 Å². The molecular formula is C14H12BrClFNO2S. The first kappa shape index (κ1) is 16.4. The summed E-state index contributed by atoms with van der Waals surface area (Å²) in [6.07, 6.45) is 0. The minimum absolute atomic E-state index is 0.0836. The van der Waals surface area contributed by atoms with Crippen LogP contribution in [0.5, 0.6) is 0 Å². The van der Waals surface area contributed by atoms with Crippen LogP contribution in [0.1, 0.15) is 5.56 Å². The molecule has 0 spiro atoms. The average molecular weight is 393 g/mol. The Morgan fingerprint density at radius 1 is 1.19 bits per heavy atom. The second-order valence-electron chi connectivity index (χ2n) is 4.46. The molecule has 2 aromatic carbocycles. The number of rotatable bonds is 4. The van der Waals surface area contributed by atoms with E-state index < -0.39 is 15.8 Å². The molecule has 0 aliphatic heterocycles. The molecule has 0 aromatic heterocycles. The van der Waals surface area contributed by atoms with Gasteiger partial charge in [-0.25, -0.2) is 12.8 Å². The van der Waals surface area contributed by atoms with Gasteiger partial charge in [0, 0.05) is 18.6 Å². The van der Waals surface area contributed by atoms with Crippen molar-refractivity contribution in [2.75, 3.05) is 7.05 Å². The Kier molecular flexibility index (Phi) is 5.03. The van der Waals surface area contributed by atoms with Crippen LogP contribution in [-0.4, -0.2) is 19.8 Å². The van der Waals surface area contributed by atoms with Crippen molar-refractivity contribution in [1.82, 2.24) is 4.31 Å². The van der Waals surface area contributed by atoms with E-state index in [9.17, 15) is 12.8 Å². The summed E-state index contributed by atoms with van der Waals surface area (Å²) in [5.41, 5.74) is 0.794. The molecule has 7 heteroatoms. The third-order valence-electron chi connectivity index (χ3n) is 2.92. The predicted molar refractivity (Wildman–Crippen MR) is 84.2 cm³/mol. The standard InChI is InChI=1S/C14H12BrClFNO2S/c1-18(9-10-2-4-11(16)5-3-10)21(19,20)12-6-7-13(15)14(17)8-12/h2-8H,9H2,1H3. The van der Waals surface area contributed by atoms with E-state index in [1.807, 2.05) is 0 Å². The summed E-state index contributed by atoms with van der Waals surface area (Å²) < 4.78 is 39.7. The smallest absolute Gasteiger partial charge is 0.207 e. The number of halogens is 3. The second kappa shape index (κ2) is 6.44. The van der Waals surface area contributed by atoms with Gasteiger partial charge in [-0.1, -0.05) is 23.7 Å². The maximum Gasteiger partial charge on any atom is 0.243 e. The zero-order valence-electron chi connectivity index (χ0n) is 11.1. The summed E-state index contributed by atoms with van der Waals surface area (Å²) in [6, 6.07) is 10.6. The normalized spacial score (nSPS) is 11.9. The Morgan fingerprint density at radius 2 is 1.81 bits per heavy atom. The third kappa shape index (κ3) is 3.83. The number of sulfonamides is 1. The van der Waals surface area contributed by atoms with Crippen LogP contribution in [0.3, 0.4) is 0 Å². The molecule has 2 rings (SSSR count). The average Bonchev–Trinajstić information content (AvgIpc) is 2.44. The molecule has 0 unspecified atom stereocenters. The Labute approximate surface area is 136 Å². The van der Waals surface area contributed by atoms with E-state index in [4.69, 9.17) is 11.6 Å². The highest BCUT2D eigenvalue weighted by atomic mass is 79.9. The van der Waals surface area contributed by atoms with Crippen LogP contribution in [0, 0.1) is 5.82 Å². The van der Waals surface area contributed by atoms with E-state index >= 15 is 0 Å². The summed E-state index contributed by atoms with van der Waals surface area (Å²) in [5.74, 6) is -0.615. The number of hydrogen-bond acceptors (Lipinski definition) is 2. The molecule has 0 bridgehead atoms. The van der Waals surface area contributed by atoms with E-state index in [-0.39, 0.29) is 15.9 Å². The van der Waals surface area contributed by atoms with Crippen molar-refractivity contribution in [2.45, 2.75) is 11.4 Å². The van der Waals surface area contributed by atoms with Gasteiger partial charge in [-0.2, -0.15) is 4.31 Å². The molecule has 3 nitrogen and oxygen atoms in total. The summed E-state index contributed by atoms with van der Waals surface area (Å²) in [4.78, 5) is -0.0836. The van der Waals surface area contributed by atoms with Crippen LogP contribution >= 0.6 is 27.5 Å². The molecule has 0 saturated carbocycles. The molecule has 0 N–H and O–H groups in total. The number of hydrogen-bond donors (Lipinski definition) is 0. The van der Waals surface area contributed by atoms with Crippen molar-refractivity contribution in [1.29, 1.82) is 0 Å². The Morgan fingerprint density at radius 3 is 2.38 bits per heavy atom. The van der Waals surface area contributed by atoms with Gasteiger partial charge in [-0.3, -0.25) is 0 Å². The molecule has 0 aliphatic rings. The first-order chi connectivity index (χ1) is 9.80. The van der Waals surface area contributed by atoms with Crippen molar-refractivity contribution in [3.8, 4) is 0 Å². The molecule has 21 heavy (non-hydrogen) atoms. The fourth-order valence-electron chi connectivity index (χ4n) is 1.75. The molecule has 0 aliphatic carbocycles. The summed E-state index contributed by atoms with van der Waals surface area (Å²) in [6.45, 7) is 0.178. The van der Waals surface area contributed by atoms with Gasteiger partial charge >= 0.3 is 0 Å². The minimum Gasteiger partial charge on any atom is -0.207 e. The Bertz CT molecular complexity index is 750. The summed E-state index contributed by atoms with van der Waals surface area (Å²) >= 11 is 8.79. The molecule has 0 heterocycles. The lowest BCUT2D eigenvalue weighted by Crippen LogP contribution is -2.26. The van der Waals surface area contributed by atoms with E-state index in [1.54, 1.807) is 24.3 Å². The maximum atomic E-state index is 13.5. The van der Waals surface area contributed by atoms with Crippen LogP contribution in [0.15, 0.2) is 51.8 Å². The molecule has 0 amide bonds. The highest BCUT2D eigenvalue weighted by Gasteiger charge is 2.22. The van der Waals surface area contributed by atoms with E-state index in [0.29, 0.717) is 5.02 Å². The first-order valence-corrected chi connectivity index (χ1v) is 8.57. The lowest BCUT2D eigenvalue weighted by atomic mass is 10.2. The Balaban J connectivity index is 2.25. The fourth-order valence-corrected chi connectivity index (χ4v) is 3.29. The van der Waals surface area contributed by atoms with Crippen LogP contribution < -0.4 is 0 Å². The monoisotopic (exact) mass is 391 g/mol. The fraction of sp³-hybridized carbons (Fsp3) is 0.143. The zero-order chi connectivity index (χ0) is 15.6. The molecule has 0 radical (unpaired) electrons. The lowest BCUT2D eigenvalue weighted by molar-refractivity contribution is 0.466. The van der Waals surface area contributed by atoms with Crippen molar-refractivity contribution in [2.24, 2.45) is 0 Å². The Hall–Kier alpha value is -0.950. The topological polar surface area (TPSA) is 37.4 Å².